The highest BCUT2D eigenvalue weighted by atomic mass is 32.2. The summed E-state index contributed by atoms with van der Waals surface area (Å²) in [5.41, 5.74) is 2.17. The number of methoxy groups -OCH3 is 1. The van der Waals surface area contributed by atoms with E-state index in [4.69, 9.17) is 4.74 Å². The number of carbonyl (C=O) groups is 1. The van der Waals surface area contributed by atoms with Crippen LogP contribution in [0.3, 0.4) is 0 Å². The second-order valence-electron chi connectivity index (χ2n) is 8.18. The molecule has 1 aromatic heterocycles. The molecule has 0 unspecified atom stereocenters. The number of aromatic nitrogens is 2. The van der Waals surface area contributed by atoms with Gasteiger partial charge in [-0.2, -0.15) is 0 Å². The van der Waals surface area contributed by atoms with Crippen molar-refractivity contribution in [2.24, 2.45) is 0 Å². The summed E-state index contributed by atoms with van der Waals surface area (Å²) in [6.07, 6.45) is 0. The largest absolute Gasteiger partial charge is 0.497 e. The summed E-state index contributed by atoms with van der Waals surface area (Å²) in [6.45, 7) is 0.169. The van der Waals surface area contributed by atoms with Gasteiger partial charge in [-0.1, -0.05) is 18.2 Å². The van der Waals surface area contributed by atoms with E-state index >= 15 is 0 Å². The molecule has 186 valence electrons. The van der Waals surface area contributed by atoms with Gasteiger partial charge in [-0.3, -0.25) is 9.52 Å². The van der Waals surface area contributed by atoms with Gasteiger partial charge in [-0.05, 0) is 68.7 Å². The van der Waals surface area contributed by atoms with Crippen LogP contribution in [-0.2, 0) is 14.8 Å². The molecule has 1 amide bonds. The van der Waals surface area contributed by atoms with Crippen LogP contribution in [0.15, 0.2) is 77.7 Å². The standard InChI is InChI=1S/C25H26N6O4S/c1-31(2)16-23(32)26-18-7-6-8-20(15-18)36(33,34)30-25-24(27-17-11-13-19(35-3)14-12-17)28-21-9-4-5-10-22(21)29-25/h4-15H,16H2,1-3H3,(H,26,32)(H,27,28)(H,29,30). The van der Waals surface area contributed by atoms with Crippen LogP contribution < -0.4 is 20.1 Å². The van der Waals surface area contributed by atoms with Crippen molar-refractivity contribution in [2.75, 3.05) is 43.1 Å². The number of benzene rings is 3. The van der Waals surface area contributed by atoms with Crippen LogP contribution in [0.4, 0.5) is 23.0 Å². The zero-order chi connectivity index (χ0) is 25.7. The smallest absolute Gasteiger partial charge is 0.263 e. The number of anilines is 4. The Labute approximate surface area is 209 Å². The molecular formula is C25H26N6O4S. The quantitative estimate of drug-likeness (QED) is 0.314. The van der Waals surface area contributed by atoms with Gasteiger partial charge in [0, 0.05) is 11.4 Å². The number of nitrogens with one attached hydrogen (secondary N) is 3. The van der Waals surface area contributed by atoms with Gasteiger partial charge in [0.15, 0.2) is 11.6 Å². The normalized spacial score (nSPS) is 11.3. The zero-order valence-electron chi connectivity index (χ0n) is 20.0. The van der Waals surface area contributed by atoms with Gasteiger partial charge < -0.3 is 20.3 Å². The Balaban J connectivity index is 1.66. The number of rotatable bonds is 9. The lowest BCUT2D eigenvalue weighted by atomic mass is 10.3. The van der Waals surface area contributed by atoms with Gasteiger partial charge in [0.25, 0.3) is 10.0 Å². The number of hydrogen-bond donors (Lipinski definition) is 3. The molecule has 4 rings (SSSR count). The number of nitrogens with zero attached hydrogens (tertiary/aromatic N) is 3. The van der Waals surface area contributed by atoms with Gasteiger partial charge in [-0.15, -0.1) is 0 Å². The summed E-state index contributed by atoms with van der Waals surface area (Å²) in [5, 5.41) is 5.83. The Bertz CT molecular complexity index is 1490. The molecule has 0 saturated carbocycles. The van der Waals surface area contributed by atoms with Gasteiger partial charge in [0.05, 0.1) is 29.6 Å². The molecule has 0 radical (unpaired) electrons. The average Bonchev–Trinajstić information content (AvgIpc) is 2.84. The third-order valence-electron chi connectivity index (χ3n) is 5.04. The van der Waals surface area contributed by atoms with Crippen molar-refractivity contribution >= 4 is 50.0 Å². The first-order valence-electron chi connectivity index (χ1n) is 11.0. The number of carbonyl (C=O) groups excluding carboxylic acids is 1. The summed E-state index contributed by atoms with van der Waals surface area (Å²) in [4.78, 5) is 22.9. The number of ether oxygens (including phenoxy) is 1. The van der Waals surface area contributed by atoms with E-state index in [-0.39, 0.29) is 29.0 Å². The summed E-state index contributed by atoms with van der Waals surface area (Å²) in [5.74, 6) is 0.696. The van der Waals surface area contributed by atoms with E-state index in [1.165, 1.54) is 12.1 Å². The molecule has 1 heterocycles. The lowest BCUT2D eigenvalue weighted by Crippen LogP contribution is -2.27. The molecule has 0 saturated heterocycles. The molecule has 0 bridgehead atoms. The van der Waals surface area contributed by atoms with Crippen molar-refractivity contribution in [3.05, 3.63) is 72.8 Å². The van der Waals surface area contributed by atoms with E-state index in [0.29, 0.717) is 28.2 Å². The summed E-state index contributed by atoms with van der Waals surface area (Å²) >= 11 is 0. The third-order valence-corrected chi connectivity index (χ3v) is 6.38. The maximum Gasteiger partial charge on any atom is 0.263 e. The van der Waals surface area contributed by atoms with Crippen LogP contribution >= 0.6 is 0 Å². The lowest BCUT2D eigenvalue weighted by molar-refractivity contribution is -0.116. The second-order valence-corrected chi connectivity index (χ2v) is 9.86. The van der Waals surface area contributed by atoms with Crippen molar-refractivity contribution in [3.63, 3.8) is 0 Å². The van der Waals surface area contributed by atoms with Gasteiger partial charge >= 0.3 is 0 Å². The van der Waals surface area contributed by atoms with E-state index in [1.54, 1.807) is 80.7 Å². The molecule has 0 aliphatic carbocycles. The maximum atomic E-state index is 13.3. The van der Waals surface area contributed by atoms with Gasteiger partial charge in [-0.25, -0.2) is 18.4 Å². The minimum absolute atomic E-state index is 0.0319. The Morgan fingerprint density at radius 3 is 2.19 bits per heavy atom. The predicted molar refractivity (Wildman–Crippen MR) is 140 cm³/mol. The molecule has 3 N–H and O–H groups in total. The Hall–Kier alpha value is -4.22. The van der Waals surface area contributed by atoms with Crippen molar-refractivity contribution < 1.29 is 17.9 Å². The highest BCUT2D eigenvalue weighted by Crippen LogP contribution is 2.28. The fraction of sp³-hybridized carbons (Fsp3) is 0.160. The van der Waals surface area contributed by atoms with Crippen molar-refractivity contribution in [1.29, 1.82) is 0 Å². The molecule has 0 fully saturated rings. The molecular weight excluding hydrogens is 480 g/mol. The number of sulfonamides is 1. The number of fused-ring (bicyclic) bond motifs is 1. The summed E-state index contributed by atoms with van der Waals surface area (Å²) in [6, 6.07) is 20.3. The van der Waals surface area contributed by atoms with Gasteiger partial charge in [0.1, 0.15) is 5.75 Å². The molecule has 10 nitrogen and oxygen atoms in total. The molecule has 0 atom stereocenters. The molecule has 4 aromatic rings. The molecule has 3 aromatic carbocycles. The van der Waals surface area contributed by atoms with Crippen LogP contribution in [0.5, 0.6) is 5.75 Å². The van der Waals surface area contributed by atoms with E-state index in [9.17, 15) is 13.2 Å². The first-order valence-corrected chi connectivity index (χ1v) is 12.5. The third kappa shape index (κ3) is 6.06. The first kappa shape index (κ1) is 24.9. The van der Waals surface area contributed by atoms with E-state index < -0.39 is 10.0 Å². The Morgan fingerprint density at radius 2 is 1.56 bits per heavy atom. The van der Waals surface area contributed by atoms with E-state index in [0.717, 1.165) is 0 Å². The molecule has 36 heavy (non-hydrogen) atoms. The van der Waals surface area contributed by atoms with Crippen molar-refractivity contribution in [1.82, 2.24) is 14.9 Å². The second kappa shape index (κ2) is 10.6. The fourth-order valence-corrected chi connectivity index (χ4v) is 4.44. The molecule has 0 aliphatic heterocycles. The first-order chi connectivity index (χ1) is 17.2. The predicted octanol–water partition coefficient (Wildman–Crippen LogP) is 3.68. The monoisotopic (exact) mass is 506 g/mol. The minimum atomic E-state index is -4.06. The molecule has 11 heteroatoms. The maximum absolute atomic E-state index is 13.3. The average molecular weight is 507 g/mol. The number of likely N-dealkylation sites (N-methyl/N-ethyl adjacent to an activating group) is 1. The fourth-order valence-electron chi connectivity index (χ4n) is 3.38. The van der Waals surface area contributed by atoms with Crippen LogP contribution in [0.2, 0.25) is 0 Å². The lowest BCUT2D eigenvalue weighted by Gasteiger charge is -2.15. The highest BCUT2D eigenvalue weighted by molar-refractivity contribution is 7.92. The molecule has 0 spiro atoms. The zero-order valence-corrected chi connectivity index (χ0v) is 20.8. The number of amides is 1. The van der Waals surface area contributed by atoms with Crippen LogP contribution in [0.1, 0.15) is 0 Å². The van der Waals surface area contributed by atoms with E-state index in [1.807, 2.05) is 6.07 Å². The minimum Gasteiger partial charge on any atom is -0.497 e. The summed E-state index contributed by atoms with van der Waals surface area (Å²) < 4.78 is 34.3. The van der Waals surface area contributed by atoms with Crippen LogP contribution in [0, 0.1) is 0 Å². The van der Waals surface area contributed by atoms with Gasteiger partial charge in [0.2, 0.25) is 5.91 Å². The Morgan fingerprint density at radius 1 is 0.889 bits per heavy atom. The topological polar surface area (TPSA) is 126 Å². The SMILES string of the molecule is COc1ccc(Nc2nc3ccccc3nc2NS(=O)(=O)c2cccc(NC(=O)CN(C)C)c2)cc1. The molecule has 0 aliphatic rings. The van der Waals surface area contributed by atoms with Crippen molar-refractivity contribution in [2.45, 2.75) is 4.90 Å². The highest BCUT2D eigenvalue weighted by Gasteiger charge is 2.20. The van der Waals surface area contributed by atoms with E-state index in [2.05, 4.69) is 25.3 Å². The summed E-state index contributed by atoms with van der Waals surface area (Å²) in [7, 11) is 1.05. The number of para-hydroxylation sites is 2. The Kier molecular flexibility index (Phi) is 7.32. The van der Waals surface area contributed by atoms with Crippen molar-refractivity contribution in [3.8, 4) is 5.75 Å². The van der Waals surface area contributed by atoms with Crippen LogP contribution in [-0.4, -0.2) is 56.9 Å². The number of hydrogen-bond acceptors (Lipinski definition) is 8. The van der Waals surface area contributed by atoms with Crippen LogP contribution in [0.25, 0.3) is 11.0 Å².